The Hall–Kier alpha value is -2.89. The number of carbonyl (C=O) groups excluding carboxylic acids is 3. The fraction of sp³-hybridized carbons (Fsp3) is 0.655. The predicted octanol–water partition coefficient (Wildman–Crippen LogP) is 1.26. The molecule has 3 amide bonds. The van der Waals surface area contributed by atoms with Crippen molar-refractivity contribution >= 4 is 57.3 Å². The molecule has 1 saturated heterocycles. The first-order valence-corrected chi connectivity index (χ1v) is 17.6. The van der Waals surface area contributed by atoms with E-state index in [4.69, 9.17) is 38.9 Å². The summed E-state index contributed by atoms with van der Waals surface area (Å²) in [5, 5.41) is 26.0. The van der Waals surface area contributed by atoms with Crippen LogP contribution < -0.4 is 22.1 Å². The van der Waals surface area contributed by atoms with E-state index in [2.05, 4.69) is 15.6 Å². The quantitative estimate of drug-likeness (QED) is 0.0588. The van der Waals surface area contributed by atoms with Gasteiger partial charge in [-0.05, 0) is 68.1 Å². The van der Waals surface area contributed by atoms with Gasteiger partial charge < -0.3 is 37.2 Å². The monoisotopic (exact) mass is 722 g/mol. The molecule has 2 aliphatic rings. The molecule has 2 fully saturated rings. The molecule has 15 nitrogen and oxygen atoms in total. The molecule has 3 rings (SSSR count). The lowest BCUT2D eigenvalue weighted by atomic mass is 9.83. The molecule has 1 aliphatic carbocycles. The summed E-state index contributed by atoms with van der Waals surface area (Å²) in [6.45, 7) is 4.26. The Morgan fingerprint density at radius 3 is 2.40 bits per heavy atom. The highest BCUT2D eigenvalue weighted by atomic mass is 35.5. The van der Waals surface area contributed by atoms with E-state index in [1.54, 1.807) is 6.92 Å². The molecule has 0 spiro atoms. The van der Waals surface area contributed by atoms with E-state index in [1.165, 1.54) is 17.0 Å². The lowest BCUT2D eigenvalue weighted by Crippen LogP contribution is -2.59. The average molecular weight is 724 g/mol. The Morgan fingerprint density at radius 1 is 1.15 bits per heavy atom. The van der Waals surface area contributed by atoms with Crippen LogP contribution in [0.15, 0.2) is 17.1 Å². The van der Waals surface area contributed by atoms with Crippen molar-refractivity contribution in [3.05, 3.63) is 27.7 Å². The van der Waals surface area contributed by atoms with Crippen molar-refractivity contribution in [1.82, 2.24) is 15.5 Å². The van der Waals surface area contributed by atoms with Crippen LogP contribution in [-0.4, -0.2) is 95.2 Å². The van der Waals surface area contributed by atoms with Crippen LogP contribution in [0, 0.1) is 11.8 Å². The van der Waals surface area contributed by atoms with E-state index >= 15 is 0 Å². The maximum absolute atomic E-state index is 14.4. The largest absolute Gasteiger partial charge is 0.505 e. The van der Waals surface area contributed by atoms with Crippen molar-refractivity contribution < 1.29 is 41.8 Å². The third-order valence-corrected chi connectivity index (χ3v) is 9.80. The number of fused-ring (bicyclic) bond motifs is 1. The summed E-state index contributed by atoms with van der Waals surface area (Å²) in [6.07, 6.45) is -0.0214. The number of benzene rings is 1. The van der Waals surface area contributed by atoms with Crippen LogP contribution in [0.4, 0.5) is 0 Å². The molecule has 1 heterocycles. The second-order valence-electron chi connectivity index (χ2n) is 12.1. The predicted molar refractivity (Wildman–Crippen MR) is 175 cm³/mol. The number of phenols is 1. The summed E-state index contributed by atoms with van der Waals surface area (Å²) < 4.78 is 37.1. The van der Waals surface area contributed by atoms with E-state index in [0.717, 1.165) is 0 Å². The van der Waals surface area contributed by atoms with Gasteiger partial charge in [0.1, 0.15) is 18.2 Å². The summed E-state index contributed by atoms with van der Waals surface area (Å²) >= 11 is 12.0. The molecule has 7 atom stereocenters. The molecule has 1 unspecified atom stereocenters. The number of amides is 3. The van der Waals surface area contributed by atoms with Crippen molar-refractivity contribution in [2.75, 3.05) is 13.1 Å². The van der Waals surface area contributed by atoms with Gasteiger partial charge in [0.2, 0.25) is 17.7 Å². The number of rotatable bonds is 15. The smallest absolute Gasteiger partial charge is 0.397 e. The van der Waals surface area contributed by atoms with Crippen LogP contribution >= 0.6 is 23.2 Å². The fourth-order valence-corrected chi connectivity index (χ4v) is 7.20. The van der Waals surface area contributed by atoms with E-state index in [0.29, 0.717) is 57.2 Å². The molecular formula is C29H44Cl2N6O9S. The number of halogens is 2. The Kier molecular flexibility index (Phi) is 13.9. The van der Waals surface area contributed by atoms with Gasteiger partial charge in [-0.25, -0.2) is 4.18 Å². The number of aliphatic imine (C=N–C) groups is 1. The van der Waals surface area contributed by atoms with Gasteiger partial charge >= 0.3 is 10.4 Å². The minimum Gasteiger partial charge on any atom is -0.505 e. The molecule has 18 heteroatoms. The van der Waals surface area contributed by atoms with Crippen LogP contribution in [0.5, 0.6) is 5.75 Å². The number of guanidine groups is 1. The Morgan fingerprint density at radius 2 is 1.81 bits per heavy atom. The van der Waals surface area contributed by atoms with Crippen LogP contribution in [-0.2, 0) is 35.4 Å². The zero-order valence-electron chi connectivity index (χ0n) is 26.3. The van der Waals surface area contributed by atoms with E-state index in [-0.39, 0.29) is 40.5 Å². The third-order valence-electron chi connectivity index (χ3n) is 8.71. The second kappa shape index (κ2) is 17.0. The van der Waals surface area contributed by atoms with Crippen molar-refractivity contribution in [1.29, 1.82) is 0 Å². The Balaban J connectivity index is 1.83. The van der Waals surface area contributed by atoms with Gasteiger partial charge in [0.15, 0.2) is 11.7 Å². The van der Waals surface area contributed by atoms with Gasteiger partial charge in [0, 0.05) is 25.6 Å². The van der Waals surface area contributed by atoms with E-state index in [9.17, 15) is 37.6 Å². The summed E-state index contributed by atoms with van der Waals surface area (Å²) in [5.74, 6) is -2.78. The summed E-state index contributed by atoms with van der Waals surface area (Å²) in [6, 6.07) is 0.0357. The highest BCUT2D eigenvalue weighted by Gasteiger charge is 2.51. The Bertz CT molecular complexity index is 1410. The summed E-state index contributed by atoms with van der Waals surface area (Å²) in [4.78, 5) is 46.5. The molecule has 1 aliphatic heterocycles. The molecule has 1 aromatic rings. The number of phenolic OH excluding ortho intramolecular Hbond substituents is 1. The van der Waals surface area contributed by atoms with Crippen molar-refractivity contribution in [3.8, 4) is 5.75 Å². The normalized spacial score (nSPS) is 22.9. The minimum atomic E-state index is -4.76. The number of nitrogens with two attached hydrogens (primary N) is 2. The lowest BCUT2D eigenvalue weighted by molar-refractivity contribution is -0.146. The number of aliphatic hydroxyl groups is 1. The maximum Gasteiger partial charge on any atom is 0.397 e. The molecule has 1 aromatic carbocycles. The number of aliphatic hydroxyl groups excluding tert-OH is 1. The molecule has 264 valence electrons. The SMILES string of the molecule is CC[C@@H](C)[C@@H](NC(=O)[C@H](O)Cc1cc(Cl)c(O)c(Cl)c1)C(=O)N1C2C[C@H](OS(=O)(=O)O)CC[C@H]2C[C@H]1C(=O)NCCCCN=C(N)N. The van der Waals surface area contributed by atoms with Gasteiger partial charge in [-0.2, -0.15) is 8.42 Å². The molecule has 0 aromatic heterocycles. The zero-order chi connectivity index (χ0) is 35.1. The minimum absolute atomic E-state index is 0.0300. The molecular weight excluding hydrogens is 679 g/mol. The second-order valence-corrected chi connectivity index (χ2v) is 14.0. The van der Waals surface area contributed by atoms with Crippen molar-refractivity contribution in [2.45, 2.75) is 95.5 Å². The standard InChI is InChI=1S/C29H44Cl2N6O9S/c1-3-15(2)24(36-27(41)23(38)12-16-10-19(30)25(39)20(31)11-16)28(42)37-21-14-18(46-47(43,44)45)7-6-17(21)13-22(37)26(40)34-8-4-5-9-35-29(32)33/h10-11,15,17-18,21-24,38-39H,3-9,12-14H2,1-2H3,(H,34,40)(H,36,41)(H4,32,33,35)(H,43,44,45)/t15-,17+,18-,21?,22+,23-,24-/m1/s1. The third kappa shape index (κ3) is 10.8. The highest BCUT2D eigenvalue weighted by Crippen LogP contribution is 2.42. The first kappa shape index (κ1) is 38.6. The van der Waals surface area contributed by atoms with Gasteiger partial charge in [-0.1, -0.05) is 43.5 Å². The fourth-order valence-electron chi connectivity index (χ4n) is 6.15. The number of unbranched alkanes of at least 4 members (excludes halogenated alkanes) is 1. The summed E-state index contributed by atoms with van der Waals surface area (Å²) in [5.41, 5.74) is 11.1. The highest BCUT2D eigenvalue weighted by molar-refractivity contribution is 7.80. The number of nitrogens with zero attached hydrogens (tertiary/aromatic N) is 2. The molecule has 0 radical (unpaired) electrons. The molecule has 47 heavy (non-hydrogen) atoms. The van der Waals surface area contributed by atoms with Gasteiger partial charge in [0.05, 0.1) is 16.1 Å². The number of carbonyl (C=O) groups is 3. The van der Waals surface area contributed by atoms with Crippen molar-refractivity contribution in [2.24, 2.45) is 28.3 Å². The summed E-state index contributed by atoms with van der Waals surface area (Å²) in [7, 11) is -4.76. The molecule has 9 N–H and O–H groups in total. The van der Waals surface area contributed by atoms with Gasteiger partial charge in [-0.3, -0.25) is 23.9 Å². The van der Waals surface area contributed by atoms with Gasteiger partial charge in [-0.15, -0.1) is 0 Å². The first-order chi connectivity index (χ1) is 22.0. The first-order valence-electron chi connectivity index (χ1n) is 15.5. The van der Waals surface area contributed by atoms with Crippen molar-refractivity contribution in [3.63, 3.8) is 0 Å². The van der Waals surface area contributed by atoms with Crippen LogP contribution in [0.25, 0.3) is 0 Å². The zero-order valence-corrected chi connectivity index (χ0v) is 28.6. The topological polar surface area (TPSA) is 247 Å². The number of hydrogen-bond acceptors (Lipinski definition) is 9. The maximum atomic E-state index is 14.4. The number of hydrogen-bond donors (Lipinski definition) is 7. The molecule has 0 bridgehead atoms. The number of aromatic hydroxyl groups is 1. The van der Waals surface area contributed by atoms with Gasteiger partial charge in [0.25, 0.3) is 0 Å². The number of nitrogens with one attached hydrogen (secondary N) is 2. The van der Waals surface area contributed by atoms with Crippen LogP contribution in [0.1, 0.15) is 64.4 Å². The van der Waals surface area contributed by atoms with E-state index in [1.807, 2.05) is 6.92 Å². The van der Waals surface area contributed by atoms with Crippen LogP contribution in [0.3, 0.4) is 0 Å². The average Bonchev–Trinajstić information content (AvgIpc) is 3.37. The molecule has 1 saturated carbocycles. The lowest BCUT2D eigenvalue weighted by Gasteiger charge is -2.39. The number of likely N-dealkylation sites (tertiary alicyclic amines) is 1. The Labute approximate surface area is 284 Å². The van der Waals surface area contributed by atoms with E-state index < -0.39 is 64.4 Å². The van der Waals surface area contributed by atoms with Crippen LogP contribution in [0.2, 0.25) is 10.0 Å².